The van der Waals surface area contributed by atoms with Crippen LogP contribution in [0.25, 0.3) is 28.4 Å². The average molecular weight is 773 g/mol. The van der Waals surface area contributed by atoms with Crippen LogP contribution in [0.3, 0.4) is 0 Å². The van der Waals surface area contributed by atoms with E-state index >= 15 is 0 Å². The third-order valence-electron chi connectivity index (χ3n) is 9.16. The van der Waals surface area contributed by atoms with E-state index in [4.69, 9.17) is 23.4 Å². The standard InChI is InChI=1S/C36H36O19/c37-11-23-29(46)32(49)35(55-25(44)6-2-13-1-4-15(39)16(40)7-13)34(52-23)27-19(43)10-22-26(30(27)47)18(42)9-21(51-22)14-3-5-20(17(41)8-14)53-36-33(50)31(48)28(45)24(12-38)54-36/h1-10,23-24,28-29,31-41,43,45-50H,11-12H2/b6-2+/t23?,24?,28-,29-,31+,32+,33?,34+,35?,36-/m1/s1. The smallest absolute Gasteiger partial charge is 0.331 e. The third-order valence-corrected chi connectivity index (χ3v) is 9.16. The highest BCUT2D eigenvalue weighted by molar-refractivity contribution is 5.89. The number of aliphatic hydroxyl groups excluding tert-OH is 7. The molecule has 3 aromatic carbocycles. The lowest BCUT2D eigenvalue weighted by Gasteiger charge is -2.42. The number of fused-ring (bicyclic) bond motifs is 1. The van der Waals surface area contributed by atoms with E-state index in [-0.39, 0.29) is 28.2 Å². The number of phenols is 5. The fourth-order valence-electron chi connectivity index (χ4n) is 6.22. The Kier molecular flexibility index (Phi) is 11.2. The largest absolute Gasteiger partial charge is 0.507 e. The van der Waals surface area contributed by atoms with Crippen molar-refractivity contribution in [1.82, 2.24) is 0 Å². The molecule has 55 heavy (non-hydrogen) atoms. The number of aliphatic hydroxyl groups is 7. The minimum atomic E-state index is -1.96. The van der Waals surface area contributed by atoms with E-state index < -0.39 is 126 Å². The van der Waals surface area contributed by atoms with Crippen molar-refractivity contribution in [2.45, 2.75) is 61.2 Å². The first kappa shape index (κ1) is 39.2. The normalized spacial score (nSPS) is 28.3. The molecule has 2 fully saturated rings. The monoisotopic (exact) mass is 772 g/mol. The molecule has 0 aliphatic carbocycles. The lowest BCUT2D eigenvalue weighted by atomic mass is 9.89. The topological polar surface area (TPSA) is 327 Å². The van der Waals surface area contributed by atoms with Crippen LogP contribution < -0.4 is 10.2 Å². The maximum absolute atomic E-state index is 13.5. The van der Waals surface area contributed by atoms with Crippen LogP contribution >= 0.6 is 0 Å². The first-order valence-electron chi connectivity index (χ1n) is 16.5. The Hall–Kier alpha value is -5.48. The van der Waals surface area contributed by atoms with Crippen molar-refractivity contribution in [3.8, 4) is 45.8 Å². The van der Waals surface area contributed by atoms with Crippen LogP contribution in [-0.4, -0.2) is 136 Å². The predicted octanol–water partition coefficient (Wildman–Crippen LogP) is -1.05. The minimum absolute atomic E-state index is 0.0711. The summed E-state index contributed by atoms with van der Waals surface area (Å²) in [4.78, 5) is 26.3. The van der Waals surface area contributed by atoms with Crippen molar-refractivity contribution in [1.29, 1.82) is 0 Å². The van der Waals surface area contributed by atoms with Crippen molar-refractivity contribution < 1.29 is 89.4 Å². The van der Waals surface area contributed by atoms with Gasteiger partial charge in [0.2, 0.25) is 6.29 Å². The van der Waals surface area contributed by atoms with Gasteiger partial charge in [0.1, 0.15) is 77.1 Å². The predicted molar refractivity (Wildman–Crippen MR) is 183 cm³/mol. The van der Waals surface area contributed by atoms with E-state index in [9.17, 15) is 70.9 Å². The summed E-state index contributed by atoms with van der Waals surface area (Å²) in [6.45, 7) is -1.58. The summed E-state index contributed by atoms with van der Waals surface area (Å²) >= 11 is 0. The molecule has 0 saturated carbocycles. The fraction of sp³-hybridized carbons (Fsp3) is 0.333. The maximum Gasteiger partial charge on any atom is 0.331 e. The highest BCUT2D eigenvalue weighted by atomic mass is 16.7. The lowest BCUT2D eigenvalue weighted by molar-refractivity contribution is -0.277. The Morgan fingerprint density at radius 1 is 0.727 bits per heavy atom. The van der Waals surface area contributed by atoms with Crippen LogP contribution in [0.15, 0.2) is 63.8 Å². The molecule has 4 unspecified atom stereocenters. The highest BCUT2D eigenvalue weighted by Crippen LogP contribution is 2.46. The van der Waals surface area contributed by atoms with Crippen molar-refractivity contribution in [2.75, 3.05) is 13.2 Å². The van der Waals surface area contributed by atoms with E-state index in [2.05, 4.69) is 0 Å². The molecule has 19 heteroatoms. The number of aromatic hydroxyl groups is 5. The van der Waals surface area contributed by atoms with E-state index in [0.29, 0.717) is 0 Å². The molecule has 2 saturated heterocycles. The van der Waals surface area contributed by atoms with Gasteiger partial charge in [0.05, 0.1) is 18.8 Å². The van der Waals surface area contributed by atoms with Gasteiger partial charge in [-0.2, -0.15) is 0 Å². The van der Waals surface area contributed by atoms with Crippen LogP contribution in [0, 0.1) is 0 Å². The van der Waals surface area contributed by atoms with Gasteiger partial charge >= 0.3 is 5.97 Å². The molecule has 12 N–H and O–H groups in total. The molecule has 6 rings (SSSR count). The number of benzene rings is 3. The molecule has 1 aromatic heterocycles. The first-order valence-corrected chi connectivity index (χ1v) is 16.5. The number of esters is 1. The van der Waals surface area contributed by atoms with E-state index in [1.54, 1.807) is 0 Å². The molecule has 19 nitrogen and oxygen atoms in total. The van der Waals surface area contributed by atoms with Crippen molar-refractivity contribution in [2.24, 2.45) is 0 Å². The first-order chi connectivity index (χ1) is 26.1. The second kappa shape index (κ2) is 15.7. The third kappa shape index (κ3) is 7.60. The summed E-state index contributed by atoms with van der Waals surface area (Å²) in [5.74, 6) is -4.76. The molecular weight excluding hydrogens is 736 g/mol. The molecule has 0 amide bonds. The summed E-state index contributed by atoms with van der Waals surface area (Å²) in [5, 5.41) is 123. The number of carbonyl (C=O) groups is 1. The van der Waals surface area contributed by atoms with Gasteiger partial charge in [-0.3, -0.25) is 4.79 Å². The number of hydrogen-bond donors (Lipinski definition) is 12. The molecule has 0 spiro atoms. The number of phenolic OH excluding ortho intramolecular Hbond substituents is 5. The lowest BCUT2D eigenvalue weighted by Crippen LogP contribution is -2.60. The van der Waals surface area contributed by atoms with Crippen LogP contribution in [0.5, 0.6) is 34.5 Å². The van der Waals surface area contributed by atoms with E-state index in [1.807, 2.05) is 0 Å². The summed E-state index contributed by atoms with van der Waals surface area (Å²) < 4.78 is 27.6. The maximum atomic E-state index is 13.5. The second-order valence-electron chi connectivity index (χ2n) is 12.7. The zero-order valence-electron chi connectivity index (χ0n) is 28.2. The molecule has 0 radical (unpaired) electrons. The molecule has 4 aromatic rings. The van der Waals surface area contributed by atoms with E-state index in [1.165, 1.54) is 24.3 Å². The molecular formula is C36H36O19. The zero-order chi connectivity index (χ0) is 39.9. The van der Waals surface area contributed by atoms with Gasteiger partial charge in [-0.1, -0.05) is 6.07 Å². The van der Waals surface area contributed by atoms with Gasteiger partial charge in [0.15, 0.2) is 34.5 Å². The fourth-order valence-corrected chi connectivity index (χ4v) is 6.22. The summed E-state index contributed by atoms with van der Waals surface area (Å²) in [7, 11) is 0. The summed E-state index contributed by atoms with van der Waals surface area (Å²) in [6.07, 6.45) is -14.9. The average Bonchev–Trinajstić information content (AvgIpc) is 3.15. The number of rotatable bonds is 9. The summed E-state index contributed by atoms with van der Waals surface area (Å²) in [5.41, 5.74) is -1.52. The van der Waals surface area contributed by atoms with Gasteiger partial charge in [0.25, 0.3) is 0 Å². The van der Waals surface area contributed by atoms with Crippen LogP contribution in [0.1, 0.15) is 17.2 Å². The van der Waals surface area contributed by atoms with Gasteiger partial charge in [-0.25, -0.2) is 4.79 Å². The van der Waals surface area contributed by atoms with Gasteiger partial charge in [-0.05, 0) is 42.0 Å². The van der Waals surface area contributed by atoms with Crippen LogP contribution in [-0.2, 0) is 19.0 Å². The molecule has 2 aliphatic heterocycles. The van der Waals surface area contributed by atoms with Crippen LogP contribution in [0.2, 0.25) is 0 Å². The molecule has 3 heterocycles. The Balaban J connectivity index is 1.30. The Morgan fingerprint density at radius 2 is 1.42 bits per heavy atom. The number of hydrogen-bond acceptors (Lipinski definition) is 19. The summed E-state index contributed by atoms with van der Waals surface area (Å²) in [6, 6.07) is 9.09. The number of ether oxygens (including phenoxy) is 4. The number of carbonyl (C=O) groups excluding carboxylic acids is 1. The van der Waals surface area contributed by atoms with Crippen molar-refractivity contribution in [3.05, 3.63) is 76.0 Å². The Bertz CT molecular complexity index is 2150. The SMILES string of the molecule is O=C(/C=C/c1ccc(O)c(O)c1)OC1[C@@H](O)[C@H](O)C(CO)O[C@H]1c1c(O)cc2oc(-c3ccc(O[C@@H]4OC(CO)[C@@H](O)[C@H](O)C4O)c(O)c3)cc(=O)c2c1O. The van der Waals surface area contributed by atoms with Gasteiger partial charge in [-0.15, -0.1) is 0 Å². The van der Waals surface area contributed by atoms with E-state index in [0.717, 1.165) is 36.4 Å². The zero-order valence-corrected chi connectivity index (χ0v) is 28.2. The highest BCUT2D eigenvalue weighted by Gasteiger charge is 2.49. The minimum Gasteiger partial charge on any atom is -0.507 e. The van der Waals surface area contributed by atoms with Crippen molar-refractivity contribution >= 4 is 23.0 Å². The van der Waals surface area contributed by atoms with Gasteiger partial charge < -0.3 is 84.6 Å². The Labute approximate surface area is 308 Å². The molecule has 294 valence electrons. The van der Waals surface area contributed by atoms with Crippen LogP contribution in [0.4, 0.5) is 0 Å². The van der Waals surface area contributed by atoms with Gasteiger partial charge in [0, 0.05) is 23.8 Å². The van der Waals surface area contributed by atoms with Crippen molar-refractivity contribution in [3.63, 3.8) is 0 Å². The Morgan fingerprint density at radius 3 is 2.09 bits per heavy atom. The quantitative estimate of drug-likeness (QED) is 0.0548. The molecule has 0 bridgehead atoms. The molecule has 2 aliphatic rings. The second-order valence-corrected chi connectivity index (χ2v) is 12.7. The molecule has 10 atom stereocenters.